The second kappa shape index (κ2) is 12.8. The van der Waals surface area contributed by atoms with Crippen LogP contribution >= 0.6 is 24.0 Å². The summed E-state index contributed by atoms with van der Waals surface area (Å²) in [5.41, 5.74) is 1.60. The number of halogens is 1. The zero-order chi connectivity index (χ0) is 22.1. The average Bonchev–Trinajstić information content (AvgIpc) is 2.71. The van der Waals surface area contributed by atoms with Crippen molar-refractivity contribution in [3.8, 4) is 0 Å². The Balaban J connectivity index is 0.00000480. The highest BCUT2D eigenvalue weighted by molar-refractivity contribution is 14.0. The summed E-state index contributed by atoms with van der Waals surface area (Å²) < 4.78 is 5.59. The van der Waals surface area contributed by atoms with Crippen LogP contribution in [-0.2, 0) is 16.1 Å². The van der Waals surface area contributed by atoms with E-state index < -0.39 is 0 Å². The van der Waals surface area contributed by atoms with Gasteiger partial charge in [0.05, 0.1) is 19.2 Å². The highest BCUT2D eigenvalue weighted by Gasteiger charge is 2.24. The number of guanidine groups is 1. The highest BCUT2D eigenvalue weighted by atomic mass is 127. The standard InChI is InChI=1S/C22H35N5O3.HI/c1-6-23-21(26-14-18(30-5)22(2,3)4)25-13-16-7-9-17(10-8-16)20(29)27-12-11-24-19(28)15-27;/h7-10,18H,6,11-15H2,1-5H3,(H,24,28)(H2,23,25,26);1H. The van der Waals surface area contributed by atoms with Gasteiger partial charge in [-0.15, -0.1) is 24.0 Å². The van der Waals surface area contributed by atoms with Crippen LogP contribution in [0.4, 0.5) is 0 Å². The van der Waals surface area contributed by atoms with Crippen LogP contribution in [0.3, 0.4) is 0 Å². The molecule has 9 heteroatoms. The van der Waals surface area contributed by atoms with Gasteiger partial charge in [0, 0.05) is 38.9 Å². The molecule has 0 bridgehead atoms. The van der Waals surface area contributed by atoms with Crippen molar-refractivity contribution < 1.29 is 14.3 Å². The third kappa shape index (κ3) is 8.64. The van der Waals surface area contributed by atoms with E-state index in [0.717, 1.165) is 18.1 Å². The second-order valence-electron chi connectivity index (χ2n) is 8.44. The first-order valence-electron chi connectivity index (χ1n) is 10.4. The summed E-state index contributed by atoms with van der Waals surface area (Å²) in [5, 5.41) is 9.31. The van der Waals surface area contributed by atoms with Crippen LogP contribution in [-0.4, -0.2) is 68.6 Å². The lowest BCUT2D eigenvalue weighted by molar-refractivity contribution is -0.123. The maximum absolute atomic E-state index is 12.6. The van der Waals surface area contributed by atoms with Gasteiger partial charge in [0.15, 0.2) is 5.96 Å². The van der Waals surface area contributed by atoms with Gasteiger partial charge in [-0.25, -0.2) is 4.99 Å². The highest BCUT2D eigenvalue weighted by Crippen LogP contribution is 2.20. The Kier molecular flexibility index (Phi) is 11.3. The molecule has 1 fully saturated rings. The number of ether oxygens (including phenoxy) is 1. The molecule has 1 aromatic rings. The van der Waals surface area contributed by atoms with Crippen molar-refractivity contribution in [1.29, 1.82) is 0 Å². The molecule has 31 heavy (non-hydrogen) atoms. The number of piperazine rings is 1. The lowest BCUT2D eigenvalue weighted by atomic mass is 9.89. The summed E-state index contributed by atoms with van der Waals surface area (Å²) in [7, 11) is 1.72. The minimum absolute atomic E-state index is 0. The van der Waals surface area contributed by atoms with E-state index in [-0.39, 0.29) is 53.9 Å². The van der Waals surface area contributed by atoms with Gasteiger partial charge in [-0.05, 0) is 30.0 Å². The number of carbonyl (C=O) groups excluding carboxylic acids is 2. The van der Waals surface area contributed by atoms with Crippen LogP contribution in [0.25, 0.3) is 0 Å². The van der Waals surface area contributed by atoms with Gasteiger partial charge in [0.25, 0.3) is 5.91 Å². The van der Waals surface area contributed by atoms with E-state index in [9.17, 15) is 9.59 Å². The molecular formula is C22H36IN5O3. The van der Waals surface area contributed by atoms with E-state index in [0.29, 0.717) is 31.7 Å². The molecule has 1 heterocycles. The van der Waals surface area contributed by atoms with Crippen LogP contribution in [0.15, 0.2) is 29.3 Å². The largest absolute Gasteiger partial charge is 0.379 e. The molecule has 0 aliphatic carbocycles. The van der Waals surface area contributed by atoms with E-state index in [4.69, 9.17) is 4.74 Å². The Bertz CT molecular complexity index is 747. The monoisotopic (exact) mass is 545 g/mol. The van der Waals surface area contributed by atoms with Crippen molar-refractivity contribution in [3.05, 3.63) is 35.4 Å². The molecule has 0 radical (unpaired) electrons. The Hall–Kier alpha value is -1.88. The van der Waals surface area contributed by atoms with Crippen molar-refractivity contribution >= 4 is 41.8 Å². The molecule has 174 valence electrons. The minimum Gasteiger partial charge on any atom is -0.379 e. The number of aliphatic imine (C=N–C) groups is 1. The van der Waals surface area contributed by atoms with Gasteiger partial charge in [-0.1, -0.05) is 32.9 Å². The van der Waals surface area contributed by atoms with Gasteiger partial charge in [0.2, 0.25) is 5.91 Å². The molecule has 0 saturated carbocycles. The fourth-order valence-corrected chi connectivity index (χ4v) is 3.19. The summed E-state index contributed by atoms with van der Waals surface area (Å²) in [5.74, 6) is 0.483. The summed E-state index contributed by atoms with van der Waals surface area (Å²) >= 11 is 0. The number of hydrogen-bond donors (Lipinski definition) is 3. The fraction of sp³-hybridized carbons (Fsp3) is 0.591. The van der Waals surface area contributed by atoms with E-state index in [2.05, 4.69) is 41.7 Å². The third-order valence-electron chi connectivity index (χ3n) is 5.00. The lowest BCUT2D eigenvalue weighted by Crippen LogP contribution is -2.49. The van der Waals surface area contributed by atoms with Crippen LogP contribution in [0.1, 0.15) is 43.6 Å². The topological polar surface area (TPSA) is 95.1 Å². The number of methoxy groups -OCH3 is 1. The summed E-state index contributed by atoms with van der Waals surface area (Å²) in [6.07, 6.45) is 0.0588. The van der Waals surface area contributed by atoms with Gasteiger partial charge in [0.1, 0.15) is 0 Å². The molecule has 1 atom stereocenters. The third-order valence-corrected chi connectivity index (χ3v) is 5.00. The zero-order valence-corrected chi connectivity index (χ0v) is 21.5. The van der Waals surface area contributed by atoms with E-state index >= 15 is 0 Å². The summed E-state index contributed by atoms with van der Waals surface area (Å²) in [6.45, 7) is 11.5. The van der Waals surface area contributed by atoms with E-state index in [1.165, 1.54) is 0 Å². The lowest BCUT2D eigenvalue weighted by Gasteiger charge is -2.30. The van der Waals surface area contributed by atoms with Gasteiger partial charge >= 0.3 is 0 Å². The van der Waals surface area contributed by atoms with Crippen molar-refractivity contribution in [3.63, 3.8) is 0 Å². The molecule has 8 nitrogen and oxygen atoms in total. The Morgan fingerprint density at radius 1 is 1.26 bits per heavy atom. The first-order valence-corrected chi connectivity index (χ1v) is 10.4. The summed E-state index contributed by atoms with van der Waals surface area (Å²) in [6, 6.07) is 7.38. The number of nitrogens with one attached hydrogen (secondary N) is 3. The van der Waals surface area contributed by atoms with E-state index in [1.54, 1.807) is 24.1 Å². The predicted octanol–water partition coefficient (Wildman–Crippen LogP) is 1.99. The fourth-order valence-electron chi connectivity index (χ4n) is 3.19. The Morgan fingerprint density at radius 3 is 2.48 bits per heavy atom. The SMILES string of the molecule is CCNC(=NCc1ccc(C(=O)N2CCNC(=O)C2)cc1)NCC(OC)C(C)(C)C.I. The Morgan fingerprint density at radius 2 is 1.94 bits per heavy atom. The maximum atomic E-state index is 12.6. The number of nitrogens with zero attached hydrogens (tertiary/aromatic N) is 2. The van der Waals surface area contributed by atoms with Crippen LogP contribution in [0.2, 0.25) is 0 Å². The van der Waals surface area contributed by atoms with Gasteiger partial charge in [-0.2, -0.15) is 0 Å². The predicted molar refractivity (Wildman–Crippen MR) is 134 cm³/mol. The second-order valence-corrected chi connectivity index (χ2v) is 8.44. The molecular weight excluding hydrogens is 509 g/mol. The van der Waals surface area contributed by atoms with Crippen LogP contribution in [0.5, 0.6) is 0 Å². The number of benzene rings is 1. The van der Waals surface area contributed by atoms with Crippen LogP contribution in [0, 0.1) is 5.41 Å². The smallest absolute Gasteiger partial charge is 0.254 e. The normalized spacial score (nSPS) is 15.6. The molecule has 1 aliphatic heterocycles. The van der Waals surface area contributed by atoms with Crippen molar-refractivity contribution in [2.24, 2.45) is 10.4 Å². The number of carbonyl (C=O) groups is 2. The molecule has 0 spiro atoms. The number of rotatable bonds is 7. The van der Waals surface area contributed by atoms with Crippen molar-refractivity contribution in [2.45, 2.75) is 40.3 Å². The zero-order valence-electron chi connectivity index (χ0n) is 19.2. The minimum atomic E-state index is -0.123. The molecule has 1 aromatic carbocycles. The molecule has 1 unspecified atom stereocenters. The van der Waals surface area contributed by atoms with E-state index in [1.807, 2.05) is 19.1 Å². The first kappa shape index (κ1) is 27.2. The molecule has 3 N–H and O–H groups in total. The average molecular weight is 545 g/mol. The molecule has 0 aromatic heterocycles. The van der Waals surface area contributed by atoms with Gasteiger partial charge < -0.3 is 25.6 Å². The van der Waals surface area contributed by atoms with Crippen molar-refractivity contribution in [2.75, 3.05) is 39.8 Å². The molecule has 1 aliphatic rings. The molecule has 1 saturated heterocycles. The first-order chi connectivity index (χ1) is 14.2. The van der Waals surface area contributed by atoms with Crippen molar-refractivity contribution in [1.82, 2.24) is 20.9 Å². The Labute approximate surface area is 202 Å². The van der Waals surface area contributed by atoms with Gasteiger partial charge in [-0.3, -0.25) is 9.59 Å². The summed E-state index contributed by atoms with van der Waals surface area (Å²) in [4.78, 5) is 30.3. The molecule has 2 rings (SSSR count). The quantitative estimate of drug-likeness (QED) is 0.277. The molecule has 2 amide bonds. The number of hydrogen-bond acceptors (Lipinski definition) is 4. The number of amides is 2. The maximum Gasteiger partial charge on any atom is 0.254 e. The van der Waals surface area contributed by atoms with Crippen LogP contribution < -0.4 is 16.0 Å².